The van der Waals surface area contributed by atoms with Crippen molar-refractivity contribution in [3.05, 3.63) is 29.4 Å². The Morgan fingerprint density at radius 2 is 2.07 bits per heavy atom. The quantitative estimate of drug-likeness (QED) is 0.542. The molecule has 0 N–H and O–H groups in total. The monoisotopic (exact) mass is 219 g/mol. The summed E-state index contributed by atoms with van der Waals surface area (Å²) in [7, 11) is 7.32. The number of methoxy groups -OCH3 is 1. The average Bonchev–Trinajstić information content (AvgIpc) is 2.17. The maximum absolute atomic E-state index is 5.77. The molecule has 0 saturated carbocycles. The van der Waals surface area contributed by atoms with Gasteiger partial charge in [-0.2, -0.15) is 0 Å². The Morgan fingerprint density at radius 1 is 1.33 bits per heavy atom. The lowest BCUT2D eigenvalue weighted by molar-refractivity contribution is 0.418. The molecule has 1 aromatic heterocycles. The second-order valence-electron chi connectivity index (χ2n) is 2.92. The van der Waals surface area contributed by atoms with Gasteiger partial charge in [0.25, 0.3) is 0 Å². The number of ether oxygens (including phenoxy) is 1. The van der Waals surface area contributed by atoms with Crippen molar-refractivity contribution in [1.29, 1.82) is 0 Å². The van der Waals surface area contributed by atoms with Crippen LogP contribution in [0.2, 0.25) is 5.15 Å². The minimum Gasteiger partial charge on any atom is -0.497 e. The average molecular weight is 219 g/mol. The van der Waals surface area contributed by atoms with Crippen LogP contribution in [0, 0.1) is 0 Å². The van der Waals surface area contributed by atoms with Crippen molar-refractivity contribution in [3.8, 4) is 5.75 Å². The van der Waals surface area contributed by atoms with Crippen LogP contribution < -0.4 is 10.2 Å². The van der Waals surface area contributed by atoms with E-state index in [1.54, 1.807) is 19.2 Å². The number of rotatable bonds is 1. The first-order valence-electron chi connectivity index (χ1n) is 4.10. The Morgan fingerprint density at radius 3 is 2.73 bits per heavy atom. The fourth-order valence-corrected chi connectivity index (χ4v) is 1.48. The first-order chi connectivity index (χ1) is 6.70. The van der Waals surface area contributed by atoms with Gasteiger partial charge in [0.05, 0.1) is 12.6 Å². The maximum atomic E-state index is 5.77. The Balaban J connectivity index is 0.00000112. The third-order valence-corrected chi connectivity index (χ3v) is 2.22. The predicted octanol–water partition coefficient (Wildman–Crippen LogP) is 2.33. The van der Waals surface area contributed by atoms with E-state index in [9.17, 15) is 0 Å². The molecule has 1 heterocycles. The number of hydrogen-bond donors (Lipinski definition) is 0. The Labute approximate surface area is 95.6 Å². The summed E-state index contributed by atoms with van der Waals surface area (Å²) in [6.07, 6.45) is 0. The van der Waals surface area contributed by atoms with Crippen molar-refractivity contribution in [2.75, 3.05) is 7.11 Å². The van der Waals surface area contributed by atoms with Gasteiger partial charge in [-0.15, -0.1) is 0 Å². The summed E-state index contributed by atoms with van der Waals surface area (Å²) in [5.41, 5.74) is 1.38. The molecule has 1 aromatic carbocycles. The topological polar surface area (TPSA) is 22.1 Å². The molecule has 15 heavy (non-hydrogen) atoms. The molecule has 2 rings (SSSR count). The first-order valence-corrected chi connectivity index (χ1v) is 4.48. The summed E-state index contributed by atoms with van der Waals surface area (Å²) in [6, 6.07) is 7.20. The lowest BCUT2D eigenvalue weighted by Gasteiger charge is -2.06. The van der Waals surface area contributed by atoms with Gasteiger partial charge in [0.15, 0.2) is 0 Å². The van der Waals surface area contributed by atoms with Crippen LogP contribution in [0.25, 0.3) is 10.9 Å². The highest BCUT2D eigenvalue weighted by atomic mass is 35.5. The number of hydrogen-bond acceptors (Lipinski definition) is 2. The van der Waals surface area contributed by atoms with E-state index < -0.39 is 0 Å². The van der Waals surface area contributed by atoms with Crippen molar-refractivity contribution in [1.82, 2.24) is 4.98 Å². The van der Waals surface area contributed by atoms with E-state index in [1.807, 2.05) is 12.1 Å². The number of aromatic nitrogens is 1. The molecular formula is C11H11BClNO. The van der Waals surface area contributed by atoms with Gasteiger partial charge < -0.3 is 4.74 Å². The van der Waals surface area contributed by atoms with Crippen molar-refractivity contribution in [3.63, 3.8) is 0 Å². The normalized spacial score (nSPS) is 9.73. The molecule has 2 aromatic rings. The second-order valence-corrected chi connectivity index (χ2v) is 3.31. The molecule has 0 aliphatic carbocycles. The SMILES string of the molecule is C.[B]c1cc2ccc(Cl)nc2cc1OC. The molecule has 0 aliphatic rings. The van der Waals surface area contributed by atoms with Gasteiger partial charge in [0.2, 0.25) is 0 Å². The summed E-state index contributed by atoms with van der Waals surface area (Å²) < 4.78 is 5.08. The number of pyridine rings is 1. The highest BCUT2D eigenvalue weighted by Gasteiger charge is 2.02. The molecular weight excluding hydrogens is 208 g/mol. The Hall–Kier alpha value is -1.22. The van der Waals surface area contributed by atoms with E-state index in [0.717, 1.165) is 10.9 Å². The van der Waals surface area contributed by atoms with Crippen LogP contribution in [0.15, 0.2) is 24.3 Å². The van der Waals surface area contributed by atoms with Crippen molar-refractivity contribution < 1.29 is 4.74 Å². The van der Waals surface area contributed by atoms with Crippen molar-refractivity contribution in [2.24, 2.45) is 0 Å². The van der Waals surface area contributed by atoms with Gasteiger partial charge in [-0.3, -0.25) is 0 Å². The standard InChI is InChI=1S/C10H7BClNO.CH4/c1-14-9-5-8-6(4-7(9)11)2-3-10(12)13-8;/h2-5H,1H3;1H4. The number of nitrogens with zero attached hydrogens (tertiary/aromatic N) is 1. The van der Waals surface area contributed by atoms with E-state index in [4.69, 9.17) is 24.2 Å². The number of halogens is 1. The molecule has 76 valence electrons. The molecule has 4 heteroatoms. The van der Waals surface area contributed by atoms with Gasteiger partial charge in [-0.05, 0) is 17.5 Å². The Bertz CT molecular complexity index is 487. The van der Waals surface area contributed by atoms with E-state index in [1.165, 1.54) is 0 Å². The molecule has 0 unspecified atom stereocenters. The van der Waals surface area contributed by atoms with Crippen LogP contribution in [0.1, 0.15) is 7.43 Å². The minimum atomic E-state index is 0. The van der Waals surface area contributed by atoms with Crippen LogP contribution in [0.3, 0.4) is 0 Å². The lowest BCUT2D eigenvalue weighted by atomic mass is 9.93. The zero-order valence-corrected chi connectivity index (χ0v) is 8.38. The zero-order chi connectivity index (χ0) is 10.1. The smallest absolute Gasteiger partial charge is 0.129 e. The fourth-order valence-electron chi connectivity index (χ4n) is 1.32. The molecule has 2 nitrogen and oxygen atoms in total. The van der Waals surface area contributed by atoms with Crippen molar-refractivity contribution in [2.45, 2.75) is 7.43 Å². The predicted molar refractivity (Wildman–Crippen MR) is 65.4 cm³/mol. The van der Waals surface area contributed by atoms with Crippen LogP contribution in [0.4, 0.5) is 0 Å². The van der Waals surface area contributed by atoms with Gasteiger partial charge >= 0.3 is 0 Å². The summed E-state index contributed by atoms with van der Waals surface area (Å²) in [4.78, 5) is 4.16. The van der Waals surface area contributed by atoms with E-state index >= 15 is 0 Å². The highest BCUT2D eigenvalue weighted by Crippen LogP contribution is 2.18. The van der Waals surface area contributed by atoms with E-state index in [2.05, 4.69) is 4.98 Å². The van der Waals surface area contributed by atoms with Gasteiger partial charge in [0.1, 0.15) is 18.7 Å². The maximum Gasteiger partial charge on any atom is 0.129 e. The third-order valence-electron chi connectivity index (χ3n) is 2.01. The second kappa shape index (κ2) is 4.54. The van der Waals surface area contributed by atoms with Crippen molar-refractivity contribution >= 4 is 35.8 Å². The summed E-state index contributed by atoms with van der Waals surface area (Å²) in [6.45, 7) is 0. The molecule has 0 bridgehead atoms. The van der Waals surface area contributed by atoms with E-state index in [0.29, 0.717) is 16.4 Å². The number of benzene rings is 1. The molecule has 0 fully saturated rings. The summed E-state index contributed by atoms with van der Waals surface area (Å²) >= 11 is 5.77. The van der Waals surface area contributed by atoms with Crippen LogP contribution in [-0.2, 0) is 0 Å². The highest BCUT2D eigenvalue weighted by molar-refractivity contribution is 6.35. The van der Waals surface area contributed by atoms with Gasteiger partial charge in [0, 0.05) is 6.07 Å². The lowest BCUT2D eigenvalue weighted by Crippen LogP contribution is -2.06. The molecule has 0 amide bonds. The van der Waals surface area contributed by atoms with Crippen LogP contribution >= 0.6 is 11.6 Å². The molecule has 0 saturated heterocycles. The fraction of sp³-hybridized carbons (Fsp3) is 0.182. The molecule has 0 atom stereocenters. The third kappa shape index (κ3) is 2.24. The van der Waals surface area contributed by atoms with E-state index in [-0.39, 0.29) is 7.43 Å². The van der Waals surface area contributed by atoms with Gasteiger partial charge in [-0.25, -0.2) is 4.98 Å². The number of fused-ring (bicyclic) bond motifs is 1. The molecule has 0 spiro atoms. The first kappa shape index (κ1) is 11.9. The zero-order valence-electron chi connectivity index (χ0n) is 7.62. The Kier molecular flexibility index (Phi) is 3.59. The van der Waals surface area contributed by atoms with Crippen LogP contribution in [-0.4, -0.2) is 19.9 Å². The van der Waals surface area contributed by atoms with Gasteiger partial charge in [-0.1, -0.05) is 30.6 Å². The molecule has 0 aliphatic heterocycles. The minimum absolute atomic E-state index is 0. The van der Waals surface area contributed by atoms with Crippen LogP contribution in [0.5, 0.6) is 5.75 Å². The summed E-state index contributed by atoms with van der Waals surface area (Å²) in [5, 5.41) is 1.41. The largest absolute Gasteiger partial charge is 0.497 e. The molecule has 2 radical (unpaired) electrons. The summed E-state index contributed by atoms with van der Waals surface area (Å²) in [5.74, 6) is 0.618.